The van der Waals surface area contributed by atoms with E-state index in [2.05, 4.69) is 37.9 Å². The highest BCUT2D eigenvalue weighted by molar-refractivity contribution is 5.10. The number of nitrogens with one attached hydrogen (secondary N) is 1. The SMILES string of the molecule is CC(C)(C)CCN1CC(C)(C2CC2)NCC12CCCC2. The molecule has 0 aromatic carbocycles. The second-order valence-corrected chi connectivity index (χ2v) is 9.21. The number of hydrogen-bond acceptors (Lipinski definition) is 2. The van der Waals surface area contributed by atoms with Gasteiger partial charge in [-0.2, -0.15) is 0 Å². The molecule has 1 saturated heterocycles. The fourth-order valence-electron chi connectivity index (χ4n) is 4.40. The lowest BCUT2D eigenvalue weighted by atomic mass is 9.82. The molecule has 2 aliphatic carbocycles. The zero-order valence-electron chi connectivity index (χ0n) is 14.1. The van der Waals surface area contributed by atoms with E-state index in [-0.39, 0.29) is 0 Å². The van der Waals surface area contributed by atoms with Crippen LogP contribution in [0.1, 0.15) is 72.6 Å². The van der Waals surface area contributed by atoms with Gasteiger partial charge in [0.2, 0.25) is 0 Å². The van der Waals surface area contributed by atoms with Crippen molar-refractivity contribution in [3.05, 3.63) is 0 Å². The number of hydrogen-bond donors (Lipinski definition) is 1. The molecule has 2 saturated carbocycles. The van der Waals surface area contributed by atoms with Crippen molar-refractivity contribution in [3.63, 3.8) is 0 Å². The molecule has 1 heterocycles. The monoisotopic (exact) mass is 278 g/mol. The summed E-state index contributed by atoms with van der Waals surface area (Å²) >= 11 is 0. The van der Waals surface area contributed by atoms with E-state index in [9.17, 15) is 0 Å². The summed E-state index contributed by atoms with van der Waals surface area (Å²) in [4.78, 5) is 2.90. The summed E-state index contributed by atoms with van der Waals surface area (Å²) in [5, 5.41) is 3.98. The van der Waals surface area contributed by atoms with Crippen molar-refractivity contribution in [1.29, 1.82) is 0 Å². The minimum atomic E-state index is 0.395. The second-order valence-electron chi connectivity index (χ2n) is 9.21. The first-order chi connectivity index (χ1) is 9.33. The van der Waals surface area contributed by atoms with Crippen molar-refractivity contribution in [1.82, 2.24) is 10.2 Å². The van der Waals surface area contributed by atoms with Gasteiger partial charge < -0.3 is 5.32 Å². The van der Waals surface area contributed by atoms with Crippen LogP contribution in [0.25, 0.3) is 0 Å². The van der Waals surface area contributed by atoms with Crippen molar-refractivity contribution in [2.75, 3.05) is 19.6 Å². The summed E-state index contributed by atoms with van der Waals surface area (Å²) < 4.78 is 0. The third kappa shape index (κ3) is 2.92. The lowest BCUT2D eigenvalue weighted by Gasteiger charge is -2.53. The Morgan fingerprint density at radius 1 is 1.15 bits per heavy atom. The molecule has 1 aliphatic heterocycles. The molecular formula is C18H34N2. The molecule has 0 bridgehead atoms. The van der Waals surface area contributed by atoms with Gasteiger partial charge in [-0.05, 0) is 56.9 Å². The summed E-state index contributed by atoms with van der Waals surface area (Å²) in [6.45, 7) is 13.5. The summed E-state index contributed by atoms with van der Waals surface area (Å²) in [6, 6.07) is 0. The number of piperazine rings is 1. The van der Waals surface area contributed by atoms with Gasteiger partial charge in [0.05, 0.1) is 0 Å². The van der Waals surface area contributed by atoms with E-state index >= 15 is 0 Å². The Morgan fingerprint density at radius 2 is 1.80 bits per heavy atom. The Hall–Kier alpha value is -0.0800. The molecule has 20 heavy (non-hydrogen) atoms. The Bertz CT molecular complexity index is 347. The molecule has 3 fully saturated rings. The first kappa shape index (κ1) is 14.8. The average molecular weight is 278 g/mol. The number of nitrogens with zero attached hydrogens (tertiary/aromatic N) is 1. The molecule has 0 aromatic rings. The number of rotatable bonds is 3. The lowest BCUT2D eigenvalue weighted by Crippen LogP contribution is -2.69. The predicted molar refractivity (Wildman–Crippen MR) is 86.0 cm³/mol. The van der Waals surface area contributed by atoms with E-state index in [1.807, 2.05) is 0 Å². The third-order valence-corrected chi connectivity index (χ3v) is 6.16. The maximum absolute atomic E-state index is 3.98. The molecule has 1 atom stereocenters. The minimum Gasteiger partial charge on any atom is -0.308 e. The Labute approximate surface area is 125 Å². The third-order valence-electron chi connectivity index (χ3n) is 6.16. The van der Waals surface area contributed by atoms with Crippen LogP contribution in [0.5, 0.6) is 0 Å². The Balaban J connectivity index is 1.72. The Kier molecular flexibility index (Phi) is 3.70. The van der Waals surface area contributed by atoms with E-state index in [1.165, 1.54) is 64.6 Å². The summed E-state index contributed by atoms with van der Waals surface area (Å²) in [5.74, 6) is 0.943. The molecule has 3 rings (SSSR count). The van der Waals surface area contributed by atoms with Crippen LogP contribution in [0, 0.1) is 11.3 Å². The van der Waals surface area contributed by atoms with Crippen molar-refractivity contribution in [3.8, 4) is 0 Å². The van der Waals surface area contributed by atoms with E-state index in [0.717, 1.165) is 5.92 Å². The first-order valence-electron chi connectivity index (χ1n) is 8.83. The van der Waals surface area contributed by atoms with E-state index in [4.69, 9.17) is 0 Å². The van der Waals surface area contributed by atoms with Crippen LogP contribution in [0.15, 0.2) is 0 Å². The van der Waals surface area contributed by atoms with E-state index in [0.29, 0.717) is 16.5 Å². The molecule has 0 aromatic heterocycles. The maximum Gasteiger partial charge on any atom is 0.0334 e. The molecular weight excluding hydrogens is 244 g/mol. The average Bonchev–Trinajstić information content (AvgIpc) is 3.12. The van der Waals surface area contributed by atoms with Crippen molar-refractivity contribution < 1.29 is 0 Å². The quantitative estimate of drug-likeness (QED) is 0.844. The highest BCUT2D eigenvalue weighted by atomic mass is 15.3. The van der Waals surface area contributed by atoms with Gasteiger partial charge in [0.25, 0.3) is 0 Å². The van der Waals surface area contributed by atoms with Gasteiger partial charge in [0.1, 0.15) is 0 Å². The van der Waals surface area contributed by atoms with Gasteiger partial charge in [-0.15, -0.1) is 0 Å². The summed E-state index contributed by atoms with van der Waals surface area (Å²) in [5.41, 5.74) is 1.35. The van der Waals surface area contributed by atoms with E-state index in [1.54, 1.807) is 0 Å². The smallest absolute Gasteiger partial charge is 0.0334 e. The van der Waals surface area contributed by atoms with Crippen LogP contribution in [-0.2, 0) is 0 Å². The Morgan fingerprint density at radius 3 is 2.35 bits per heavy atom. The highest BCUT2D eigenvalue weighted by Crippen LogP contribution is 2.46. The molecule has 1 unspecified atom stereocenters. The highest BCUT2D eigenvalue weighted by Gasteiger charge is 2.51. The van der Waals surface area contributed by atoms with Crippen LogP contribution >= 0.6 is 0 Å². The largest absolute Gasteiger partial charge is 0.308 e. The molecule has 116 valence electrons. The van der Waals surface area contributed by atoms with Crippen molar-refractivity contribution >= 4 is 0 Å². The van der Waals surface area contributed by atoms with Gasteiger partial charge in [-0.3, -0.25) is 4.90 Å². The molecule has 1 spiro atoms. The van der Waals surface area contributed by atoms with Gasteiger partial charge in [0.15, 0.2) is 0 Å². The molecule has 0 radical (unpaired) electrons. The molecule has 2 heteroatoms. The van der Waals surface area contributed by atoms with Crippen LogP contribution < -0.4 is 5.32 Å². The fourth-order valence-corrected chi connectivity index (χ4v) is 4.40. The van der Waals surface area contributed by atoms with Gasteiger partial charge in [-0.1, -0.05) is 33.6 Å². The second kappa shape index (κ2) is 4.98. The van der Waals surface area contributed by atoms with Crippen LogP contribution in [0.4, 0.5) is 0 Å². The molecule has 3 aliphatic rings. The maximum atomic E-state index is 3.98. The zero-order chi connectivity index (χ0) is 14.4. The normalized spacial score (nSPS) is 34.8. The minimum absolute atomic E-state index is 0.395. The standard InChI is InChI=1S/C18H34N2/c1-16(2,3)11-12-20-14-17(4,15-7-8-15)19-13-18(20)9-5-6-10-18/h15,19H,5-14H2,1-4H3. The van der Waals surface area contributed by atoms with Crippen LogP contribution in [0.2, 0.25) is 0 Å². The van der Waals surface area contributed by atoms with Gasteiger partial charge >= 0.3 is 0 Å². The van der Waals surface area contributed by atoms with E-state index < -0.39 is 0 Å². The van der Waals surface area contributed by atoms with Gasteiger partial charge in [0, 0.05) is 24.2 Å². The topological polar surface area (TPSA) is 15.3 Å². The lowest BCUT2D eigenvalue weighted by molar-refractivity contribution is -0.000660. The summed E-state index contributed by atoms with van der Waals surface area (Å²) in [6.07, 6.45) is 9.94. The predicted octanol–water partition coefficient (Wildman–Crippen LogP) is 3.81. The first-order valence-corrected chi connectivity index (χ1v) is 8.83. The zero-order valence-corrected chi connectivity index (χ0v) is 14.1. The fraction of sp³-hybridized carbons (Fsp3) is 1.00. The van der Waals surface area contributed by atoms with Crippen LogP contribution in [0.3, 0.4) is 0 Å². The molecule has 0 amide bonds. The van der Waals surface area contributed by atoms with Crippen molar-refractivity contribution in [2.45, 2.75) is 83.7 Å². The molecule has 1 N–H and O–H groups in total. The van der Waals surface area contributed by atoms with Crippen molar-refractivity contribution in [2.24, 2.45) is 11.3 Å². The summed E-state index contributed by atoms with van der Waals surface area (Å²) in [7, 11) is 0. The van der Waals surface area contributed by atoms with Crippen LogP contribution in [-0.4, -0.2) is 35.6 Å². The van der Waals surface area contributed by atoms with Gasteiger partial charge in [-0.25, -0.2) is 0 Å². The molecule has 2 nitrogen and oxygen atoms in total.